The fraction of sp³-hybridized carbons (Fsp3) is 0.533. The van der Waals surface area contributed by atoms with E-state index in [2.05, 4.69) is 35.5 Å². The van der Waals surface area contributed by atoms with E-state index >= 15 is 0 Å². The highest BCUT2D eigenvalue weighted by atomic mass is 16.1. The van der Waals surface area contributed by atoms with Crippen molar-refractivity contribution in [1.29, 1.82) is 0 Å². The number of nitrogens with zero attached hydrogens (tertiary/aromatic N) is 1. The van der Waals surface area contributed by atoms with Crippen LogP contribution in [0.4, 0.5) is 5.69 Å². The lowest BCUT2D eigenvalue weighted by molar-refractivity contribution is -0.124. The monoisotopic (exact) mass is 246 g/mol. The summed E-state index contributed by atoms with van der Waals surface area (Å²) < 4.78 is 0. The third-order valence-electron chi connectivity index (χ3n) is 3.49. The van der Waals surface area contributed by atoms with Gasteiger partial charge in [0.15, 0.2) is 0 Å². The van der Waals surface area contributed by atoms with Crippen molar-refractivity contribution in [2.24, 2.45) is 5.92 Å². The molecule has 1 aromatic rings. The SMILES string of the molecule is CC(C)C(=O)NCc1ccc2c(c1)CCCN2C. The van der Waals surface area contributed by atoms with Gasteiger partial charge >= 0.3 is 0 Å². The van der Waals surface area contributed by atoms with Crippen LogP contribution in [0.15, 0.2) is 18.2 Å². The first-order valence-electron chi connectivity index (χ1n) is 6.68. The standard InChI is InChI=1S/C15H22N2O/c1-11(2)15(18)16-10-12-6-7-14-13(9-12)5-4-8-17(14)3/h6-7,9,11H,4-5,8,10H2,1-3H3,(H,16,18). The number of fused-ring (bicyclic) bond motifs is 1. The molecule has 1 aromatic carbocycles. The Balaban J connectivity index is 2.05. The van der Waals surface area contributed by atoms with Crippen LogP contribution in [0.5, 0.6) is 0 Å². The Hall–Kier alpha value is -1.51. The quantitative estimate of drug-likeness (QED) is 0.888. The lowest BCUT2D eigenvalue weighted by Gasteiger charge is -2.27. The van der Waals surface area contributed by atoms with E-state index in [-0.39, 0.29) is 11.8 Å². The highest BCUT2D eigenvalue weighted by molar-refractivity contribution is 5.77. The van der Waals surface area contributed by atoms with Crippen molar-refractivity contribution < 1.29 is 4.79 Å². The molecular formula is C15H22N2O. The summed E-state index contributed by atoms with van der Waals surface area (Å²) in [5, 5.41) is 2.96. The second-order valence-corrected chi connectivity index (χ2v) is 5.36. The van der Waals surface area contributed by atoms with Crippen LogP contribution in [0.25, 0.3) is 0 Å². The topological polar surface area (TPSA) is 32.3 Å². The minimum absolute atomic E-state index is 0.0498. The highest BCUT2D eigenvalue weighted by Gasteiger charge is 2.14. The molecule has 0 unspecified atom stereocenters. The molecule has 1 amide bonds. The van der Waals surface area contributed by atoms with E-state index < -0.39 is 0 Å². The summed E-state index contributed by atoms with van der Waals surface area (Å²) in [6.45, 7) is 5.60. The average Bonchev–Trinajstić information content (AvgIpc) is 2.36. The van der Waals surface area contributed by atoms with Gasteiger partial charge in [-0.15, -0.1) is 0 Å². The molecule has 1 aliphatic heterocycles. The number of anilines is 1. The smallest absolute Gasteiger partial charge is 0.222 e. The zero-order chi connectivity index (χ0) is 13.1. The maximum absolute atomic E-state index is 11.5. The number of rotatable bonds is 3. The molecule has 0 saturated heterocycles. The molecule has 0 radical (unpaired) electrons. The lowest BCUT2D eigenvalue weighted by atomic mass is 9.99. The minimum atomic E-state index is 0.0498. The Kier molecular flexibility index (Phi) is 3.90. The molecule has 2 rings (SSSR count). The van der Waals surface area contributed by atoms with E-state index in [0.29, 0.717) is 6.54 Å². The van der Waals surface area contributed by atoms with Crippen molar-refractivity contribution in [2.45, 2.75) is 33.2 Å². The summed E-state index contributed by atoms with van der Waals surface area (Å²) in [6.07, 6.45) is 2.36. The van der Waals surface area contributed by atoms with Gasteiger partial charge in [0, 0.05) is 31.7 Å². The number of nitrogens with one attached hydrogen (secondary N) is 1. The molecule has 3 heteroatoms. The van der Waals surface area contributed by atoms with E-state index in [1.165, 1.54) is 23.2 Å². The van der Waals surface area contributed by atoms with Crippen LogP contribution in [0.3, 0.4) is 0 Å². The van der Waals surface area contributed by atoms with Crippen molar-refractivity contribution in [1.82, 2.24) is 5.32 Å². The Morgan fingerprint density at radius 3 is 2.94 bits per heavy atom. The van der Waals surface area contributed by atoms with E-state index in [1.807, 2.05) is 13.8 Å². The fourth-order valence-corrected chi connectivity index (χ4v) is 2.34. The summed E-state index contributed by atoms with van der Waals surface area (Å²) in [4.78, 5) is 13.8. The molecule has 1 N–H and O–H groups in total. The highest BCUT2D eigenvalue weighted by Crippen LogP contribution is 2.26. The molecule has 0 aliphatic carbocycles. The molecular weight excluding hydrogens is 224 g/mol. The van der Waals surface area contributed by atoms with E-state index in [0.717, 1.165) is 13.0 Å². The van der Waals surface area contributed by atoms with Crippen LogP contribution in [-0.4, -0.2) is 19.5 Å². The third-order valence-corrected chi connectivity index (χ3v) is 3.49. The van der Waals surface area contributed by atoms with Crippen molar-refractivity contribution >= 4 is 11.6 Å². The van der Waals surface area contributed by atoms with Crippen molar-refractivity contribution in [2.75, 3.05) is 18.5 Å². The first-order valence-corrected chi connectivity index (χ1v) is 6.68. The summed E-state index contributed by atoms with van der Waals surface area (Å²) in [5.41, 5.74) is 3.93. The molecule has 1 heterocycles. The average molecular weight is 246 g/mol. The molecule has 18 heavy (non-hydrogen) atoms. The van der Waals surface area contributed by atoms with Gasteiger partial charge in [0.1, 0.15) is 0 Å². The summed E-state index contributed by atoms with van der Waals surface area (Å²) >= 11 is 0. The number of hydrogen-bond acceptors (Lipinski definition) is 2. The molecule has 0 fully saturated rings. The minimum Gasteiger partial charge on any atom is -0.374 e. The molecule has 0 spiro atoms. The van der Waals surface area contributed by atoms with Crippen LogP contribution in [-0.2, 0) is 17.8 Å². The first kappa shape index (κ1) is 12.9. The Morgan fingerprint density at radius 1 is 1.44 bits per heavy atom. The molecule has 0 bridgehead atoms. The largest absolute Gasteiger partial charge is 0.374 e. The summed E-state index contributed by atoms with van der Waals surface area (Å²) in [5.74, 6) is 0.165. The maximum Gasteiger partial charge on any atom is 0.222 e. The van der Waals surface area contributed by atoms with Gasteiger partial charge in [0.25, 0.3) is 0 Å². The van der Waals surface area contributed by atoms with Crippen LogP contribution in [0, 0.1) is 5.92 Å². The predicted octanol–water partition coefficient (Wildman–Crippen LogP) is 2.34. The second kappa shape index (κ2) is 5.42. The van der Waals surface area contributed by atoms with Crippen molar-refractivity contribution in [3.63, 3.8) is 0 Å². The van der Waals surface area contributed by atoms with Gasteiger partial charge < -0.3 is 10.2 Å². The summed E-state index contributed by atoms with van der Waals surface area (Å²) in [6, 6.07) is 6.51. The van der Waals surface area contributed by atoms with Crippen molar-refractivity contribution in [3.05, 3.63) is 29.3 Å². The molecule has 0 saturated carbocycles. The molecule has 1 aliphatic rings. The number of hydrogen-bond donors (Lipinski definition) is 1. The number of aryl methyl sites for hydroxylation is 1. The first-order chi connectivity index (χ1) is 8.58. The number of benzene rings is 1. The zero-order valence-corrected chi connectivity index (χ0v) is 11.5. The van der Waals surface area contributed by atoms with Crippen LogP contribution < -0.4 is 10.2 Å². The molecule has 0 aromatic heterocycles. The predicted molar refractivity (Wildman–Crippen MR) is 74.7 cm³/mol. The van der Waals surface area contributed by atoms with Gasteiger partial charge in [-0.3, -0.25) is 4.79 Å². The zero-order valence-electron chi connectivity index (χ0n) is 11.5. The fourth-order valence-electron chi connectivity index (χ4n) is 2.34. The van der Waals surface area contributed by atoms with Gasteiger partial charge in [0.2, 0.25) is 5.91 Å². The molecule has 98 valence electrons. The van der Waals surface area contributed by atoms with Crippen LogP contribution in [0.1, 0.15) is 31.4 Å². The normalized spacial score (nSPS) is 14.6. The van der Waals surface area contributed by atoms with Crippen LogP contribution in [0.2, 0.25) is 0 Å². The summed E-state index contributed by atoms with van der Waals surface area (Å²) in [7, 11) is 2.14. The number of carbonyl (C=O) groups is 1. The number of carbonyl (C=O) groups excluding carboxylic acids is 1. The van der Waals surface area contributed by atoms with Gasteiger partial charge in [-0.2, -0.15) is 0 Å². The van der Waals surface area contributed by atoms with E-state index in [4.69, 9.17) is 0 Å². The maximum atomic E-state index is 11.5. The van der Waals surface area contributed by atoms with Crippen LogP contribution >= 0.6 is 0 Å². The Labute approximate surface area is 109 Å². The lowest BCUT2D eigenvalue weighted by Crippen LogP contribution is -2.28. The second-order valence-electron chi connectivity index (χ2n) is 5.36. The molecule has 0 atom stereocenters. The van der Waals surface area contributed by atoms with E-state index in [9.17, 15) is 4.79 Å². The van der Waals surface area contributed by atoms with Gasteiger partial charge in [-0.25, -0.2) is 0 Å². The Bertz CT molecular complexity index is 440. The number of amides is 1. The third kappa shape index (κ3) is 2.84. The molecule has 3 nitrogen and oxygen atoms in total. The van der Waals surface area contributed by atoms with Gasteiger partial charge in [-0.05, 0) is 30.0 Å². The van der Waals surface area contributed by atoms with Gasteiger partial charge in [-0.1, -0.05) is 26.0 Å². The van der Waals surface area contributed by atoms with Gasteiger partial charge in [0.05, 0.1) is 0 Å². The van der Waals surface area contributed by atoms with E-state index in [1.54, 1.807) is 0 Å². The Morgan fingerprint density at radius 2 is 2.22 bits per heavy atom. The van der Waals surface area contributed by atoms with Crippen molar-refractivity contribution in [3.8, 4) is 0 Å².